The van der Waals surface area contributed by atoms with Crippen LogP contribution in [0.4, 0.5) is 0 Å². The van der Waals surface area contributed by atoms with Gasteiger partial charge in [-0.15, -0.1) is 0 Å². The normalized spacial score (nSPS) is 10.6. The number of aromatic carboxylic acids is 1. The summed E-state index contributed by atoms with van der Waals surface area (Å²) in [7, 11) is 0. The molecule has 34 heavy (non-hydrogen) atoms. The van der Waals surface area contributed by atoms with Gasteiger partial charge in [-0.25, -0.2) is 4.79 Å². The van der Waals surface area contributed by atoms with E-state index in [1.165, 1.54) is 6.07 Å². The summed E-state index contributed by atoms with van der Waals surface area (Å²) in [6.45, 7) is 4.20. The number of aromatic nitrogens is 4. The van der Waals surface area contributed by atoms with Gasteiger partial charge in [-0.1, -0.05) is 27.2 Å². The van der Waals surface area contributed by atoms with Crippen LogP contribution in [0.25, 0.3) is 22.8 Å². The van der Waals surface area contributed by atoms with Gasteiger partial charge in [0.15, 0.2) is 5.69 Å². The summed E-state index contributed by atoms with van der Waals surface area (Å²) in [6.07, 6.45) is 1.56. The number of rotatable bonds is 7. The maximum atomic E-state index is 11.0. The van der Waals surface area contributed by atoms with E-state index in [-0.39, 0.29) is 48.7 Å². The van der Waals surface area contributed by atoms with Gasteiger partial charge < -0.3 is 15.8 Å². The third-order valence-electron chi connectivity index (χ3n) is 4.61. The number of benzene rings is 2. The summed E-state index contributed by atoms with van der Waals surface area (Å²) >= 11 is 3.54. The van der Waals surface area contributed by atoms with Crippen LogP contribution in [0.1, 0.15) is 36.9 Å². The van der Waals surface area contributed by atoms with Crippen LogP contribution in [-0.2, 0) is 6.54 Å². The fourth-order valence-corrected chi connectivity index (χ4v) is 3.75. The molecule has 0 atom stereocenters. The first-order chi connectivity index (χ1) is 15.8. The molecule has 4 aromatic rings. The van der Waals surface area contributed by atoms with Crippen molar-refractivity contribution in [1.29, 1.82) is 5.26 Å². The fraction of sp³-hybridized carbons (Fsp3) is 0.174. The first kappa shape index (κ1) is 25.6. The topological polar surface area (TPSA) is 127 Å². The van der Waals surface area contributed by atoms with Crippen LogP contribution in [0.5, 0.6) is 5.75 Å². The Morgan fingerprint density at radius 3 is 2.74 bits per heavy atom. The quantitative estimate of drug-likeness (QED) is 0.358. The first-order valence-electron chi connectivity index (χ1n) is 9.94. The van der Waals surface area contributed by atoms with Crippen molar-refractivity contribution in [3.63, 3.8) is 0 Å². The zero-order valence-corrected chi connectivity index (χ0v) is 22.3. The summed E-state index contributed by atoms with van der Waals surface area (Å²) in [5.74, 6) is 0.104. The number of nitriles is 1. The molecule has 11 heteroatoms. The number of nitrogens with zero attached hydrogens (tertiary/aromatic N) is 5. The van der Waals surface area contributed by atoms with Gasteiger partial charge in [0, 0.05) is 21.8 Å². The SMILES string of the molecule is CC(C)Oc1ccc(-c2nc(-c3ccc(Cn4ccc(C(=O)O)n4)cc3Br)no2)cc1C#N.[H-].[Na+]. The summed E-state index contributed by atoms with van der Waals surface area (Å²) in [5, 5.41) is 26.5. The minimum Gasteiger partial charge on any atom is -1.00 e. The Kier molecular flexibility index (Phi) is 8.28. The van der Waals surface area contributed by atoms with Crippen LogP contribution >= 0.6 is 15.9 Å². The Hall–Kier alpha value is -2.97. The van der Waals surface area contributed by atoms with Gasteiger partial charge in [-0.2, -0.15) is 15.3 Å². The minimum atomic E-state index is -1.07. The number of carboxylic acid groups (broad SMARTS) is 1. The number of halogens is 1. The molecule has 2 heterocycles. The van der Waals surface area contributed by atoms with Gasteiger partial charge in [-0.05, 0) is 55.8 Å². The van der Waals surface area contributed by atoms with Gasteiger partial charge in [0.25, 0.3) is 5.89 Å². The number of carboxylic acids is 1. The average molecular weight is 532 g/mol. The largest absolute Gasteiger partial charge is 1.00 e. The molecule has 0 radical (unpaired) electrons. The van der Waals surface area contributed by atoms with E-state index in [9.17, 15) is 10.1 Å². The number of carbonyl (C=O) groups is 1. The van der Waals surface area contributed by atoms with Crippen molar-refractivity contribution < 1.29 is 50.1 Å². The zero-order valence-electron chi connectivity index (χ0n) is 19.7. The molecule has 0 aliphatic rings. The van der Waals surface area contributed by atoms with Gasteiger partial charge in [-0.3, -0.25) is 4.68 Å². The molecule has 2 aromatic heterocycles. The van der Waals surface area contributed by atoms with Gasteiger partial charge in [0.05, 0.1) is 18.2 Å². The monoisotopic (exact) mass is 531 g/mol. The van der Waals surface area contributed by atoms with Crippen LogP contribution in [0.15, 0.2) is 57.7 Å². The van der Waals surface area contributed by atoms with E-state index >= 15 is 0 Å². The Bertz CT molecular complexity index is 1380. The van der Waals surface area contributed by atoms with E-state index in [4.69, 9.17) is 14.4 Å². The number of hydrogen-bond donors (Lipinski definition) is 1. The molecule has 4 rings (SSSR count). The smallest absolute Gasteiger partial charge is 1.00 e. The van der Waals surface area contributed by atoms with Gasteiger partial charge >= 0.3 is 35.5 Å². The van der Waals surface area contributed by atoms with Crippen molar-refractivity contribution in [2.24, 2.45) is 0 Å². The molecule has 0 bridgehead atoms. The summed E-state index contributed by atoms with van der Waals surface area (Å²) in [6, 6.07) is 14.3. The van der Waals surface area contributed by atoms with Crippen molar-refractivity contribution in [2.45, 2.75) is 26.5 Å². The van der Waals surface area contributed by atoms with Gasteiger partial charge in [0.2, 0.25) is 5.82 Å². The van der Waals surface area contributed by atoms with Crippen molar-refractivity contribution >= 4 is 21.9 Å². The van der Waals surface area contributed by atoms with E-state index in [0.29, 0.717) is 29.2 Å². The average Bonchev–Trinajstić information content (AvgIpc) is 3.44. The van der Waals surface area contributed by atoms with E-state index in [1.54, 1.807) is 29.1 Å². The molecule has 0 saturated carbocycles. The molecule has 2 aromatic carbocycles. The Balaban J connectivity index is 0.00000216. The van der Waals surface area contributed by atoms with Crippen molar-refractivity contribution in [1.82, 2.24) is 19.9 Å². The summed E-state index contributed by atoms with van der Waals surface area (Å²) in [5.41, 5.74) is 2.63. The van der Waals surface area contributed by atoms with E-state index in [2.05, 4.69) is 37.2 Å². The maximum Gasteiger partial charge on any atom is 1.00 e. The summed E-state index contributed by atoms with van der Waals surface area (Å²) in [4.78, 5) is 15.5. The molecular formula is C23H19BrN5NaO4. The van der Waals surface area contributed by atoms with Gasteiger partial charge in [0.1, 0.15) is 11.8 Å². The van der Waals surface area contributed by atoms with Crippen molar-refractivity contribution in [3.8, 4) is 34.7 Å². The second-order valence-corrected chi connectivity index (χ2v) is 8.28. The van der Waals surface area contributed by atoms with Crippen molar-refractivity contribution in [2.75, 3.05) is 0 Å². The minimum absolute atomic E-state index is 0. The Morgan fingerprint density at radius 1 is 1.29 bits per heavy atom. The molecule has 0 unspecified atom stereocenters. The van der Waals surface area contributed by atoms with E-state index in [1.807, 2.05) is 32.0 Å². The maximum absolute atomic E-state index is 11.0. The second-order valence-electron chi connectivity index (χ2n) is 7.43. The molecule has 168 valence electrons. The third-order valence-corrected chi connectivity index (χ3v) is 5.27. The Morgan fingerprint density at radius 2 is 2.09 bits per heavy atom. The predicted molar refractivity (Wildman–Crippen MR) is 123 cm³/mol. The number of ether oxygens (including phenoxy) is 1. The summed E-state index contributed by atoms with van der Waals surface area (Å²) < 4.78 is 13.4. The van der Waals surface area contributed by atoms with Crippen LogP contribution < -0.4 is 34.3 Å². The van der Waals surface area contributed by atoms with Crippen molar-refractivity contribution in [3.05, 3.63) is 70.0 Å². The third kappa shape index (κ3) is 5.74. The molecule has 0 aliphatic carbocycles. The molecule has 1 N–H and O–H groups in total. The van der Waals surface area contributed by atoms with Crippen LogP contribution in [0.2, 0.25) is 0 Å². The predicted octanol–water partition coefficient (Wildman–Crippen LogP) is 1.88. The molecule has 0 spiro atoms. The second kappa shape index (κ2) is 11.0. The van der Waals surface area contributed by atoms with Crippen LogP contribution in [-0.4, -0.2) is 37.1 Å². The zero-order chi connectivity index (χ0) is 23.5. The van der Waals surface area contributed by atoms with E-state index in [0.717, 1.165) is 15.6 Å². The molecule has 0 saturated heterocycles. The van der Waals surface area contributed by atoms with E-state index < -0.39 is 5.97 Å². The first-order valence-corrected chi connectivity index (χ1v) is 10.7. The molecule has 0 fully saturated rings. The Labute approximate surface area is 227 Å². The number of hydrogen-bond acceptors (Lipinski definition) is 7. The van der Waals surface area contributed by atoms with Crippen LogP contribution in [0, 0.1) is 11.3 Å². The molecule has 0 aliphatic heterocycles. The standard InChI is InChI=1S/C23H18BrN5O4.Na.H/c1-13(2)32-20-6-4-15(10-16(20)11-25)22-26-21(28-33-22)17-5-3-14(9-18(17)24)12-29-8-7-19(27-29)23(30)31;;/h3-10,13H,12H2,1-2H3,(H,30,31);;/q;+1;-1. The molecular weight excluding hydrogens is 513 g/mol. The molecule has 0 amide bonds. The van der Waals surface area contributed by atoms with Crippen LogP contribution in [0.3, 0.4) is 0 Å². The molecule has 9 nitrogen and oxygen atoms in total. The fourth-order valence-electron chi connectivity index (χ4n) is 3.15.